The third kappa shape index (κ3) is 3.63. The summed E-state index contributed by atoms with van der Waals surface area (Å²) in [6.45, 7) is 5.71. The van der Waals surface area contributed by atoms with E-state index in [0.717, 1.165) is 32.2 Å². The molecule has 0 bridgehead atoms. The Balaban J connectivity index is 0.00000225. The van der Waals surface area contributed by atoms with E-state index in [0.29, 0.717) is 18.5 Å². The Morgan fingerprint density at radius 2 is 2.00 bits per heavy atom. The number of hydrogen-bond acceptors (Lipinski definition) is 2. The van der Waals surface area contributed by atoms with E-state index in [-0.39, 0.29) is 18.3 Å². The monoisotopic (exact) mass is 248 g/mol. The molecule has 0 saturated carbocycles. The van der Waals surface area contributed by atoms with Crippen LogP contribution in [0.3, 0.4) is 0 Å². The highest BCUT2D eigenvalue weighted by atomic mass is 35.5. The first-order valence-electron chi connectivity index (χ1n) is 6.25. The Morgan fingerprint density at radius 1 is 1.38 bits per heavy atom. The lowest BCUT2D eigenvalue weighted by molar-refractivity contribution is -0.139. The van der Waals surface area contributed by atoms with Crippen LogP contribution in [0.1, 0.15) is 46.0 Å². The molecule has 2 N–H and O–H groups in total. The van der Waals surface area contributed by atoms with Gasteiger partial charge in [-0.3, -0.25) is 4.79 Å². The highest BCUT2D eigenvalue weighted by molar-refractivity contribution is 5.85. The molecule has 0 aliphatic carbocycles. The smallest absolute Gasteiger partial charge is 0.225 e. The van der Waals surface area contributed by atoms with Gasteiger partial charge < -0.3 is 10.6 Å². The quantitative estimate of drug-likeness (QED) is 0.829. The molecule has 1 saturated heterocycles. The molecule has 0 aromatic carbocycles. The zero-order valence-corrected chi connectivity index (χ0v) is 11.3. The summed E-state index contributed by atoms with van der Waals surface area (Å²) >= 11 is 0. The summed E-state index contributed by atoms with van der Waals surface area (Å²) in [5.74, 6) is 0.535. The molecule has 16 heavy (non-hydrogen) atoms. The first kappa shape index (κ1) is 15.7. The second kappa shape index (κ2) is 7.91. The van der Waals surface area contributed by atoms with Gasteiger partial charge in [0.15, 0.2) is 0 Å². The number of piperidine rings is 1. The number of nitrogens with zero attached hydrogens (tertiary/aromatic N) is 1. The van der Waals surface area contributed by atoms with Crippen LogP contribution in [0, 0.1) is 5.92 Å². The van der Waals surface area contributed by atoms with Crippen LogP contribution in [-0.4, -0.2) is 29.9 Å². The van der Waals surface area contributed by atoms with Gasteiger partial charge in [0.25, 0.3) is 0 Å². The molecule has 1 unspecified atom stereocenters. The lowest BCUT2D eigenvalue weighted by Gasteiger charge is -2.37. The second-order valence-corrected chi connectivity index (χ2v) is 4.43. The first-order chi connectivity index (χ1) is 7.24. The molecule has 1 fully saturated rings. The summed E-state index contributed by atoms with van der Waals surface area (Å²) in [6.07, 6.45) is 5.34. The number of hydrogen-bond donors (Lipinski definition) is 1. The Labute approximate surface area is 105 Å². The van der Waals surface area contributed by atoms with E-state index in [2.05, 4.69) is 13.8 Å². The van der Waals surface area contributed by atoms with Crippen LogP contribution in [-0.2, 0) is 4.79 Å². The minimum atomic E-state index is 0. The average molecular weight is 249 g/mol. The molecule has 0 radical (unpaired) electrons. The van der Waals surface area contributed by atoms with Gasteiger partial charge in [0.05, 0.1) is 0 Å². The summed E-state index contributed by atoms with van der Waals surface area (Å²) in [5, 5.41) is 0. The van der Waals surface area contributed by atoms with Gasteiger partial charge in [-0.1, -0.05) is 13.8 Å². The standard InChI is InChI=1S/C12H24N2O.ClH/c1-3-10(4-2)12(15)14-8-6-5-7-11(14)9-13;/h10-11H,3-9,13H2,1-2H3;1H. The largest absolute Gasteiger partial charge is 0.338 e. The van der Waals surface area contributed by atoms with Crippen molar-refractivity contribution in [1.29, 1.82) is 0 Å². The van der Waals surface area contributed by atoms with Crippen LogP contribution in [0.15, 0.2) is 0 Å². The highest BCUT2D eigenvalue weighted by Crippen LogP contribution is 2.21. The molecule has 1 rings (SSSR count). The number of halogens is 1. The van der Waals surface area contributed by atoms with Crippen LogP contribution in [0.4, 0.5) is 0 Å². The van der Waals surface area contributed by atoms with Crippen molar-refractivity contribution in [3.8, 4) is 0 Å². The van der Waals surface area contributed by atoms with Gasteiger partial charge in [0.2, 0.25) is 5.91 Å². The lowest BCUT2D eigenvalue weighted by atomic mass is 9.96. The summed E-state index contributed by atoms with van der Waals surface area (Å²) in [5.41, 5.74) is 5.72. The lowest BCUT2D eigenvalue weighted by Crippen LogP contribution is -2.49. The zero-order valence-electron chi connectivity index (χ0n) is 10.4. The van der Waals surface area contributed by atoms with Crippen molar-refractivity contribution in [1.82, 2.24) is 4.90 Å². The van der Waals surface area contributed by atoms with Crippen LogP contribution in [0.5, 0.6) is 0 Å². The van der Waals surface area contributed by atoms with E-state index in [1.807, 2.05) is 4.90 Å². The van der Waals surface area contributed by atoms with Crippen molar-refractivity contribution in [2.24, 2.45) is 11.7 Å². The third-order valence-corrected chi connectivity index (χ3v) is 3.52. The van der Waals surface area contributed by atoms with Crippen molar-refractivity contribution in [2.75, 3.05) is 13.1 Å². The number of amides is 1. The predicted octanol–water partition coefficient (Wildman–Crippen LogP) is 2.18. The van der Waals surface area contributed by atoms with Crippen molar-refractivity contribution in [3.63, 3.8) is 0 Å². The molecule has 0 aromatic rings. The highest BCUT2D eigenvalue weighted by Gasteiger charge is 2.28. The average Bonchev–Trinajstić information content (AvgIpc) is 2.30. The molecule has 0 spiro atoms. The Bertz CT molecular complexity index is 207. The fourth-order valence-corrected chi connectivity index (χ4v) is 2.41. The van der Waals surface area contributed by atoms with E-state index >= 15 is 0 Å². The van der Waals surface area contributed by atoms with E-state index in [4.69, 9.17) is 5.73 Å². The van der Waals surface area contributed by atoms with Gasteiger partial charge in [-0.05, 0) is 32.1 Å². The summed E-state index contributed by atoms with van der Waals surface area (Å²) < 4.78 is 0. The number of nitrogens with two attached hydrogens (primary N) is 1. The number of carbonyl (C=O) groups excluding carboxylic acids is 1. The topological polar surface area (TPSA) is 46.3 Å². The number of carbonyl (C=O) groups is 1. The third-order valence-electron chi connectivity index (χ3n) is 3.52. The molecule has 1 aliphatic heterocycles. The van der Waals surface area contributed by atoms with Crippen LogP contribution >= 0.6 is 12.4 Å². The van der Waals surface area contributed by atoms with Gasteiger partial charge in [0, 0.05) is 25.0 Å². The number of likely N-dealkylation sites (tertiary alicyclic amines) is 1. The maximum atomic E-state index is 12.2. The van der Waals surface area contributed by atoms with Crippen molar-refractivity contribution in [3.05, 3.63) is 0 Å². The Morgan fingerprint density at radius 3 is 2.50 bits per heavy atom. The molecule has 1 atom stereocenters. The summed E-state index contributed by atoms with van der Waals surface area (Å²) in [6, 6.07) is 0.298. The van der Waals surface area contributed by atoms with E-state index in [1.165, 1.54) is 6.42 Å². The molecule has 4 heteroatoms. The fraction of sp³-hybridized carbons (Fsp3) is 0.917. The zero-order chi connectivity index (χ0) is 11.3. The minimum absolute atomic E-state index is 0. The van der Waals surface area contributed by atoms with Crippen LogP contribution in [0.25, 0.3) is 0 Å². The van der Waals surface area contributed by atoms with Crippen molar-refractivity contribution in [2.45, 2.75) is 52.0 Å². The van der Waals surface area contributed by atoms with Gasteiger partial charge in [0.1, 0.15) is 0 Å². The predicted molar refractivity (Wildman–Crippen MR) is 69.7 cm³/mol. The van der Waals surface area contributed by atoms with Crippen molar-refractivity contribution < 1.29 is 4.79 Å². The molecule has 1 heterocycles. The first-order valence-corrected chi connectivity index (χ1v) is 6.25. The summed E-state index contributed by atoms with van der Waals surface area (Å²) in [4.78, 5) is 14.2. The fourth-order valence-electron chi connectivity index (χ4n) is 2.41. The molecule has 0 aromatic heterocycles. The molecule has 1 aliphatic rings. The molecule has 3 nitrogen and oxygen atoms in total. The van der Waals surface area contributed by atoms with Gasteiger partial charge in [-0.2, -0.15) is 0 Å². The van der Waals surface area contributed by atoms with Gasteiger partial charge >= 0.3 is 0 Å². The van der Waals surface area contributed by atoms with E-state index in [9.17, 15) is 4.79 Å². The second-order valence-electron chi connectivity index (χ2n) is 4.43. The number of rotatable bonds is 4. The van der Waals surface area contributed by atoms with Crippen LogP contribution < -0.4 is 5.73 Å². The minimum Gasteiger partial charge on any atom is -0.338 e. The maximum absolute atomic E-state index is 12.2. The van der Waals surface area contributed by atoms with Gasteiger partial charge in [-0.25, -0.2) is 0 Å². The Hall–Kier alpha value is -0.280. The Kier molecular flexibility index (Phi) is 7.77. The maximum Gasteiger partial charge on any atom is 0.225 e. The van der Waals surface area contributed by atoms with E-state index in [1.54, 1.807) is 0 Å². The SMILES string of the molecule is CCC(CC)C(=O)N1CCCCC1CN.Cl. The van der Waals surface area contributed by atoms with Crippen LogP contribution in [0.2, 0.25) is 0 Å². The molecule has 1 amide bonds. The molecular formula is C12H25ClN2O. The van der Waals surface area contributed by atoms with Crippen molar-refractivity contribution >= 4 is 18.3 Å². The molecule has 96 valence electrons. The molecular weight excluding hydrogens is 224 g/mol. The normalized spacial score (nSPS) is 20.8. The van der Waals surface area contributed by atoms with Gasteiger partial charge in [-0.15, -0.1) is 12.4 Å². The summed E-state index contributed by atoms with van der Waals surface area (Å²) in [7, 11) is 0. The van der Waals surface area contributed by atoms with E-state index < -0.39 is 0 Å².